The molecule has 0 fully saturated rings. The predicted octanol–water partition coefficient (Wildman–Crippen LogP) is 3.70. The van der Waals surface area contributed by atoms with E-state index < -0.39 is 17.7 Å². The lowest BCUT2D eigenvalue weighted by atomic mass is 10.1. The maximum absolute atomic E-state index is 12.0. The summed E-state index contributed by atoms with van der Waals surface area (Å²) < 4.78 is 15.2. The number of hydrogen-bond acceptors (Lipinski definition) is 6. The highest BCUT2D eigenvalue weighted by molar-refractivity contribution is 6.30. The molecular weight excluding hydrogens is 376 g/mol. The summed E-state index contributed by atoms with van der Waals surface area (Å²) in [5.74, 6) is -0.608. The van der Waals surface area contributed by atoms with Gasteiger partial charge in [0.15, 0.2) is 0 Å². The van der Waals surface area contributed by atoms with Crippen molar-refractivity contribution in [1.29, 1.82) is 0 Å². The van der Waals surface area contributed by atoms with E-state index in [2.05, 4.69) is 10.3 Å². The molecule has 9 heteroatoms. The lowest BCUT2D eigenvalue weighted by molar-refractivity contribution is 0.0467. The smallest absolute Gasteiger partial charge is 0.411 e. The Morgan fingerprint density at radius 3 is 2.74 bits per heavy atom. The van der Waals surface area contributed by atoms with Crippen LogP contribution in [0, 0.1) is 0 Å². The number of carbonyl (C=O) groups excluding carboxylic acids is 2. The highest BCUT2D eigenvalue weighted by Gasteiger charge is 2.13. The van der Waals surface area contributed by atoms with Crippen LogP contribution in [0.4, 0.5) is 10.5 Å². The summed E-state index contributed by atoms with van der Waals surface area (Å²) in [4.78, 5) is 38.0. The topological polar surface area (TPSA) is 111 Å². The maximum Gasteiger partial charge on any atom is 0.411 e. The van der Waals surface area contributed by atoms with E-state index >= 15 is 0 Å². The van der Waals surface area contributed by atoms with Crippen molar-refractivity contribution in [3.05, 3.63) is 63.2 Å². The molecule has 2 N–H and O–H groups in total. The monoisotopic (exact) mass is 390 g/mol. The number of aromatic amines is 1. The Balaban J connectivity index is 1.82. The lowest BCUT2D eigenvalue weighted by Crippen LogP contribution is -2.13. The zero-order valence-electron chi connectivity index (χ0n) is 14.2. The van der Waals surface area contributed by atoms with Crippen LogP contribution in [-0.2, 0) is 16.1 Å². The standard InChI is InChI=1S/C18H15ClN2O6/c1-2-25-18(24)21-12-3-4-13-10(5-16(22)27-15(13)7-12)9-26-17(23)14-6-11(19)8-20-14/h3-8,20H,2,9H2,1H3,(H,21,24). The van der Waals surface area contributed by atoms with Crippen LogP contribution in [0.5, 0.6) is 0 Å². The highest BCUT2D eigenvalue weighted by atomic mass is 35.5. The first-order valence-electron chi connectivity index (χ1n) is 7.98. The van der Waals surface area contributed by atoms with Gasteiger partial charge in [-0.15, -0.1) is 0 Å². The molecule has 1 aromatic carbocycles. The lowest BCUT2D eigenvalue weighted by Gasteiger charge is -2.09. The number of anilines is 1. The summed E-state index contributed by atoms with van der Waals surface area (Å²) in [6, 6.07) is 7.44. The number of amides is 1. The van der Waals surface area contributed by atoms with Gasteiger partial charge in [0.05, 0.1) is 11.6 Å². The normalized spacial score (nSPS) is 10.6. The Bertz CT molecular complexity index is 1060. The summed E-state index contributed by atoms with van der Waals surface area (Å²) in [7, 11) is 0. The van der Waals surface area contributed by atoms with Crippen LogP contribution in [-0.4, -0.2) is 23.7 Å². The Hall–Kier alpha value is -3.26. The molecule has 27 heavy (non-hydrogen) atoms. The van der Waals surface area contributed by atoms with Gasteiger partial charge in [0.2, 0.25) is 0 Å². The van der Waals surface area contributed by atoms with Gasteiger partial charge in [-0.05, 0) is 25.1 Å². The Morgan fingerprint density at radius 1 is 1.22 bits per heavy atom. The van der Waals surface area contributed by atoms with Gasteiger partial charge in [0, 0.05) is 35.0 Å². The molecule has 0 radical (unpaired) electrons. The molecule has 1 amide bonds. The Kier molecular flexibility index (Phi) is 5.46. The third kappa shape index (κ3) is 4.48. The molecule has 3 aromatic rings. The van der Waals surface area contributed by atoms with Crippen LogP contribution < -0.4 is 10.9 Å². The fraction of sp³-hybridized carbons (Fsp3) is 0.167. The third-order valence-electron chi connectivity index (χ3n) is 3.58. The molecule has 0 unspecified atom stereocenters. The number of esters is 1. The maximum atomic E-state index is 12.0. The van der Waals surface area contributed by atoms with Gasteiger partial charge < -0.3 is 18.9 Å². The number of rotatable bonds is 5. The van der Waals surface area contributed by atoms with Crippen LogP contribution >= 0.6 is 11.6 Å². The molecule has 0 saturated heterocycles. The van der Waals surface area contributed by atoms with Crippen LogP contribution in [0.25, 0.3) is 11.0 Å². The second-order valence-corrected chi connectivity index (χ2v) is 5.89. The first-order valence-corrected chi connectivity index (χ1v) is 8.35. The minimum Gasteiger partial charge on any atom is -0.456 e. The van der Waals surface area contributed by atoms with Gasteiger partial charge in [-0.3, -0.25) is 5.32 Å². The largest absolute Gasteiger partial charge is 0.456 e. The number of nitrogens with one attached hydrogen (secondary N) is 2. The molecule has 0 bridgehead atoms. The number of aromatic nitrogens is 1. The minimum atomic E-state index is -0.617. The van der Waals surface area contributed by atoms with E-state index in [1.54, 1.807) is 19.1 Å². The van der Waals surface area contributed by atoms with Crippen molar-refractivity contribution >= 4 is 40.3 Å². The summed E-state index contributed by atoms with van der Waals surface area (Å²) in [6.07, 6.45) is 0.844. The fourth-order valence-electron chi connectivity index (χ4n) is 2.42. The van der Waals surface area contributed by atoms with E-state index in [4.69, 9.17) is 25.5 Å². The zero-order chi connectivity index (χ0) is 19.4. The molecule has 0 aliphatic heterocycles. The van der Waals surface area contributed by atoms with Gasteiger partial charge in [0.1, 0.15) is 17.9 Å². The van der Waals surface area contributed by atoms with E-state index in [1.165, 1.54) is 24.4 Å². The van der Waals surface area contributed by atoms with Crippen molar-refractivity contribution in [2.45, 2.75) is 13.5 Å². The van der Waals surface area contributed by atoms with E-state index in [-0.39, 0.29) is 24.5 Å². The number of carbonyl (C=O) groups is 2. The second kappa shape index (κ2) is 7.96. The number of halogens is 1. The number of benzene rings is 1. The molecule has 0 aliphatic rings. The quantitative estimate of drug-likeness (QED) is 0.507. The van der Waals surface area contributed by atoms with Crippen LogP contribution in [0.3, 0.4) is 0 Å². The van der Waals surface area contributed by atoms with Crippen LogP contribution in [0.15, 0.2) is 45.7 Å². The molecule has 140 valence electrons. The van der Waals surface area contributed by atoms with E-state index in [1.807, 2.05) is 0 Å². The van der Waals surface area contributed by atoms with Crippen LogP contribution in [0.1, 0.15) is 23.0 Å². The number of H-pyrrole nitrogens is 1. The number of ether oxygens (including phenoxy) is 2. The molecule has 0 atom stereocenters. The number of fused-ring (bicyclic) bond motifs is 1. The Morgan fingerprint density at radius 2 is 2.04 bits per heavy atom. The van der Waals surface area contributed by atoms with Gasteiger partial charge in [-0.25, -0.2) is 14.4 Å². The first kappa shape index (κ1) is 18.5. The summed E-state index contributed by atoms with van der Waals surface area (Å²) in [5, 5.41) is 3.48. The zero-order valence-corrected chi connectivity index (χ0v) is 15.0. The van der Waals surface area contributed by atoms with Crippen molar-refractivity contribution in [3.8, 4) is 0 Å². The van der Waals surface area contributed by atoms with Crippen molar-refractivity contribution in [3.63, 3.8) is 0 Å². The second-order valence-electron chi connectivity index (χ2n) is 5.45. The Labute approximate surface area is 158 Å². The molecular formula is C18H15ClN2O6. The third-order valence-corrected chi connectivity index (χ3v) is 3.80. The van der Waals surface area contributed by atoms with Gasteiger partial charge in [-0.2, -0.15) is 0 Å². The van der Waals surface area contributed by atoms with Crippen molar-refractivity contribution in [2.24, 2.45) is 0 Å². The van der Waals surface area contributed by atoms with E-state index in [0.717, 1.165) is 0 Å². The van der Waals surface area contributed by atoms with E-state index in [9.17, 15) is 14.4 Å². The average Bonchev–Trinajstić information content (AvgIpc) is 3.05. The summed E-state index contributed by atoms with van der Waals surface area (Å²) >= 11 is 5.76. The van der Waals surface area contributed by atoms with E-state index in [0.29, 0.717) is 21.7 Å². The summed E-state index contributed by atoms with van der Waals surface area (Å²) in [5.41, 5.74) is 0.706. The average molecular weight is 391 g/mol. The van der Waals surface area contributed by atoms with Gasteiger partial charge in [0.25, 0.3) is 0 Å². The van der Waals surface area contributed by atoms with Crippen molar-refractivity contribution in [1.82, 2.24) is 4.98 Å². The number of hydrogen-bond donors (Lipinski definition) is 2. The predicted molar refractivity (Wildman–Crippen MR) is 98.1 cm³/mol. The highest BCUT2D eigenvalue weighted by Crippen LogP contribution is 2.22. The molecule has 0 aliphatic carbocycles. The molecule has 8 nitrogen and oxygen atoms in total. The van der Waals surface area contributed by atoms with Gasteiger partial charge in [-0.1, -0.05) is 11.6 Å². The first-order chi connectivity index (χ1) is 13.0. The molecule has 2 heterocycles. The van der Waals surface area contributed by atoms with Crippen LogP contribution in [0.2, 0.25) is 5.02 Å². The molecule has 0 spiro atoms. The fourth-order valence-corrected chi connectivity index (χ4v) is 2.58. The molecule has 2 aromatic heterocycles. The SMILES string of the molecule is CCOC(=O)Nc1ccc2c(COC(=O)c3cc(Cl)c[nH]3)cc(=O)oc2c1. The summed E-state index contributed by atoms with van der Waals surface area (Å²) in [6.45, 7) is 1.78. The van der Waals surface area contributed by atoms with Crippen molar-refractivity contribution < 1.29 is 23.5 Å². The minimum absolute atomic E-state index is 0.137. The molecule has 3 rings (SSSR count). The van der Waals surface area contributed by atoms with Gasteiger partial charge >= 0.3 is 17.7 Å². The van der Waals surface area contributed by atoms with Crippen molar-refractivity contribution in [2.75, 3.05) is 11.9 Å². The molecule has 0 saturated carbocycles.